The van der Waals surface area contributed by atoms with Crippen LogP contribution in [0.1, 0.15) is 19.5 Å². The summed E-state index contributed by atoms with van der Waals surface area (Å²) in [5, 5.41) is 2.62. The third-order valence-electron chi connectivity index (χ3n) is 2.35. The number of thiazole rings is 1. The van der Waals surface area contributed by atoms with E-state index in [-0.39, 0.29) is 11.4 Å². The summed E-state index contributed by atoms with van der Waals surface area (Å²) in [7, 11) is 0. The van der Waals surface area contributed by atoms with Crippen LogP contribution in [0.25, 0.3) is 10.6 Å². The molecule has 1 heterocycles. The van der Waals surface area contributed by atoms with E-state index in [2.05, 4.69) is 20.9 Å². The molecular formula is C13H14BrFN2S. The highest BCUT2D eigenvalue weighted by molar-refractivity contribution is 9.10. The number of rotatable bonds is 3. The molecule has 2 aromatic rings. The van der Waals surface area contributed by atoms with Gasteiger partial charge < -0.3 is 5.73 Å². The van der Waals surface area contributed by atoms with Crippen molar-refractivity contribution in [1.82, 2.24) is 4.98 Å². The smallest absolute Gasteiger partial charge is 0.133 e. The molecule has 0 aliphatic heterocycles. The van der Waals surface area contributed by atoms with Crippen molar-refractivity contribution in [3.05, 3.63) is 39.6 Å². The molecule has 1 aromatic carbocycles. The summed E-state index contributed by atoms with van der Waals surface area (Å²) in [6.07, 6.45) is 0.680. The largest absolute Gasteiger partial charge is 0.325 e. The van der Waals surface area contributed by atoms with Crippen LogP contribution in [-0.4, -0.2) is 10.5 Å². The van der Waals surface area contributed by atoms with Crippen molar-refractivity contribution in [3.8, 4) is 10.6 Å². The minimum atomic E-state index is -0.304. The number of hydrogen-bond donors (Lipinski definition) is 1. The molecule has 2 nitrogen and oxygen atoms in total. The Balaban J connectivity index is 2.32. The van der Waals surface area contributed by atoms with E-state index in [0.29, 0.717) is 17.0 Å². The molecule has 0 atom stereocenters. The van der Waals surface area contributed by atoms with Crippen LogP contribution in [0.3, 0.4) is 0 Å². The first-order chi connectivity index (χ1) is 8.35. The van der Waals surface area contributed by atoms with Crippen molar-refractivity contribution >= 4 is 27.3 Å². The molecule has 0 unspecified atom stereocenters. The number of nitrogens with two attached hydrogens (primary N) is 1. The molecule has 0 aliphatic carbocycles. The molecular weight excluding hydrogens is 315 g/mol. The van der Waals surface area contributed by atoms with Crippen LogP contribution < -0.4 is 5.73 Å². The first-order valence-electron chi connectivity index (χ1n) is 5.54. The van der Waals surface area contributed by atoms with E-state index in [1.165, 1.54) is 17.4 Å². The second kappa shape index (κ2) is 5.07. The van der Waals surface area contributed by atoms with E-state index in [0.717, 1.165) is 10.2 Å². The fourth-order valence-electron chi connectivity index (χ4n) is 1.64. The van der Waals surface area contributed by atoms with Crippen LogP contribution >= 0.6 is 27.3 Å². The summed E-state index contributed by atoms with van der Waals surface area (Å²) in [5.41, 5.74) is 7.08. The van der Waals surface area contributed by atoms with E-state index in [4.69, 9.17) is 5.73 Å². The van der Waals surface area contributed by atoms with Crippen LogP contribution in [0.15, 0.2) is 28.1 Å². The van der Waals surface area contributed by atoms with Gasteiger partial charge in [0.25, 0.3) is 0 Å². The summed E-state index contributed by atoms with van der Waals surface area (Å²) in [5.74, 6) is -0.258. The molecule has 5 heteroatoms. The fraction of sp³-hybridized carbons (Fsp3) is 0.308. The van der Waals surface area contributed by atoms with Gasteiger partial charge in [-0.15, -0.1) is 11.3 Å². The van der Waals surface area contributed by atoms with Gasteiger partial charge in [0, 0.05) is 27.4 Å². The summed E-state index contributed by atoms with van der Waals surface area (Å²) < 4.78 is 14.6. The lowest BCUT2D eigenvalue weighted by molar-refractivity contribution is 0.511. The Morgan fingerprint density at radius 1 is 1.44 bits per heavy atom. The molecule has 0 fully saturated rings. The zero-order chi connectivity index (χ0) is 13.3. The van der Waals surface area contributed by atoms with Gasteiger partial charge in [0.05, 0.1) is 5.69 Å². The van der Waals surface area contributed by atoms with E-state index < -0.39 is 0 Å². The van der Waals surface area contributed by atoms with E-state index in [9.17, 15) is 4.39 Å². The maximum atomic E-state index is 13.7. The molecule has 96 valence electrons. The van der Waals surface area contributed by atoms with Gasteiger partial charge in [-0.2, -0.15) is 0 Å². The van der Waals surface area contributed by atoms with Crippen molar-refractivity contribution < 1.29 is 4.39 Å². The number of benzene rings is 1. The Hall–Kier alpha value is -0.780. The standard InChI is InChI=1S/C13H14BrFN2S/c1-13(2,16)6-9-7-18-12(17-9)10-5-8(14)3-4-11(10)15/h3-5,7H,6,16H2,1-2H3. The number of halogens is 2. The average molecular weight is 329 g/mol. The Kier molecular flexibility index (Phi) is 3.84. The number of aromatic nitrogens is 1. The van der Waals surface area contributed by atoms with Crippen LogP contribution in [0.2, 0.25) is 0 Å². The van der Waals surface area contributed by atoms with E-state index >= 15 is 0 Å². The number of hydrogen-bond acceptors (Lipinski definition) is 3. The van der Waals surface area contributed by atoms with Crippen molar-refractivity contribution in [3.63, 3.8) is 0 Å². The average Bonchev–Trinajstić information content (AvgIpc) is 2.67. The van der Waals surface area contributed by atoms with Crippen molar-refractivity contribution in [2.45, 2.75) is 25.8 Å². The van der Waals surface area contributed by atoms with Gasteiger partial charge in [0.1, 0.15) is 10.8 Å². The first kappa shape index (κ1) is 13.6. The summed E-state index contributed by atoms with van der Waals surface area (Å²) >= 11 is 4.78. The van der Waals surface area contributed by atoms with Crippen molar-refractivity contribution in [2.75, 3.05) is 0 Å². The molecule has 1 aromatic heterocycles. The third kappa shape index (κ3) is 3.37. The molecule has 0 spiro atoms. The molecule has 0 amide bonds. The second-order valence-corrected chi connectivity index (χ2v) is 6.71. The Labute approximate surface area is 118 Å². The van der Waals surface area contributed by atoms with Gasteiger partial charge in [-0.25, -0.2) is 9.37 Å². The third-order valence-corrected chi connectivity index (χ3v) is 3.76. The van der Waals surface area contributed by atoms with Crippen molar-refractivity contribution in [2.24, 2.45) is 5.73 Å². The minimum Gasteiger partial charge on any atom is -0.325 e. The van der Waals surface area contributed by atoms with Gasteiger partial charge in [-0.05, 0) is 32.0 Å². The van der Waals surface area contributed by atoms with Crippen LogP contribution in [0, 0.1) is 5.82 Å². The minimum absolute atomic E-state index is 0.258. The maximum absolute atomic E-state index is 13.7. The van der Waals surface area contributed by atoms with Crippen LogP contribution in [0.5, 0.6) is 0 Å². The first-order valence-corrected chi connectivity index (χ1v) is 7.21. The quantitative estimate of drug-likeness (QED) is 0.925. The SMILES string of the molecule is CC(C)(N)Cc1csc(-c2cc(Br)ccc2F)n1. The molecule has 0 radical (unpaired) electrons. The van der Waals surface area contributed by atoms with Gasteiger partial charge in [0.2, 0.25) is 0 Å². The molecule has 18 heavy (non-hydrogen) atoms. The van der Waals surface area contributed by atoms with E-state index in [1.807, 2.05) is 19.2 Å². The summed E-state index contributed by atoms with van der Waals surface area (Å²) in [6, 6.07) is 4.86. The van der Waals surface area contributed by atoms with Gasteiger partial charge >= 0.3 is 0 Å². The van der Waals surface area contributed by atoms with Crippen LogP contribution in [-0.2, 0) is 6.42 Å². The Morgan fingerprint density at radius 2 is 2.17 bits per heavy atom. The fourth-order valence-corrected chi connectivity index (χ4v) is 2.84. The molecule has 0 bridgehead atoms. The zero-order valence-electron chi connectivity index (χ0n) is 10.2. The highest BCUT2D eigenvalue weighted by atomic mass is 79.9. The summed E-state index contributed by atoms with van der Waals surface area (Å²) in [4.78, 5) is 4.45. The molecule has 2 rings (SSSR count). The second-order valence-electron chi connectivity index (χ2n) is 4.93. The van der Waals surface area contributed by atoms with Gasteiger partial charge in [-0.3, -0.25) is 0 Å². The lowest BCUT2D eigenvalue weighted by Gasteiger charge is -2.16. The lowest BCUT2D eigenvalue weighted by Crippen LogP contribution is -2.34. The Morgan fingerprint density at radius 3 is 2.83 bits per heavy atom. The van der Waals surface area contributed by atoms with E-state index in [1.54, 1.807) is 12.1 Å². The predicted octanol–water partition coefficient (Wildman–Crippen LogP) is 3.99. The molecule has 2 N–H and O–H groups in total. The van der Waals surface area contributed by atoms with Crippen LogP contribution in [0.4, 0.5) is 4.39 Å². The maximum Gasteiger partial charge on any atom is 0.133 e. The highest BCUT2D eigenvalue weighted by Crippen LogP contribution is 2.29. The molecule has 0 saturated carbocycles. The Bertz CT molecular complexity index is 560. The number of nitrogens with zero attached hydrogens (tertiary/aromatic N) is 1. The monoisotopic (exact) mass is 328 g/mol. The summed E-state index contributed by atoms with van der Waals surface area (Å²) in [6.45, 7) is 3.90. The van der Waals surface area contributed by atoms with Gasteiger partial charge in [0.15, 0.2) is 0 Å². The van der Waals surface area contributed by atoms with Crippen molar-refractivity contribution in [1.29, 1.82) is 0 Å². The zero-order valence-corrected chi connectivity index (χ0v) is 12.6. The lowest BCUT2D eigenvalue weighted by atomic mass is 10.0. The molecule has 0 aliphatic rings. The van der Waals surface area contributed by atoms with Gasteiger partial charge in [-0.1, -0.05) is 15.9 Å². The predicted molar refractivity (Wildman–Crippen MR) is 77.2 cm³/mol. The topological polar surface area (TPSA) is 38.9 Å². The molecule has 0 saturated heterocycles. The highest BCUT2D eigenvalue weighted by Gasteiger charge is 2.16. The normalized spacial score (nSPS) is 11.8.